The highest BCUT2D eigenvalue weighted by atomic mass is 16.4. The Balaban J connectivity index is 1.71. The van der Waals surface area contributed by atoms with Gasteiger partial charge in [-0.1, -0.05) is 48.5 Å². The molecule has 0 radical (unpaired) electrons. The van der Waals surface area contributed by atoms with Crippen molar-refractivity contribution in [1.29, 1.82) is 0 Å². The molecule has 0 unspecified atom stereocenters. The first-order valence-corrected chi connectivity index (χ1v) is 11.8. The van der Waals surface area contributed by atoms with E-state index in [4.69, 9.17) is 11.5 Å². The highest BCUT2D eigenvalue weighted by Crippen LogP contribution is 2.19. The van der Waals surface area contributed by atoms with Crippen molar-refractivity contribution in [2.75, 3.05) is 6.54 Å². The highest BCUT2D eigenvalue weighted by molar-refractivity contribution is 5.92. The van der Waals surface area contributed by atoms with Crippen LogP contribution in [0.3, 0.4) is 0 Å². The highest BCUT2D eigenvalue weighted by Gasteiger charge is 2.28. The zero-order chi connectivity index (χ0) is 25.2. The number of hydrogen-bond acceptors (Lipinski definition) is 5. The van der Waals surface area contributed by atoms with Gasteiger partial charge in [0.1, 0.15) is 12.1 Å². The number of amides is 2. The fourth-order valence-electron chi connectivity index (χ4n) is 3.99. The van der Waals surface area contributed by atoms with E-state index in [1.165, 1.54) is 0 Å². The van der Waals surface area contributed by atoms with Crippen molar-refractivity contribution in [3.05, 3.63) is 71.9 Å². The third-order valence-corrected chi connectivity index (χ3v) is 5.93. The summed E-state index contributed by atoms with van der Waals surface area (Å²) in [6.45, 7) is 0.446. The largest absolute Gasteiger partial charge is 0.480 e. The standard InChI is InChI=1S/C26H33N5O4/c27-13-7-6-12-22(26(34)35)30-25(33)23(14-17-8-2-1-3-9-17)31-24(32)20(28)15-18-16-29-21-11-5-4-10-19(18)21/h1-5,8-11,16,20,22-23,29H,6-7,12-15,27-28H2,(H,30,33)(H,31,32)(H,34,35)/t20-,22-,23-/m0/s1. The van der Waals surface area contributed by atoms with Gasteiger partial charge in [-0.25, -0.2) is 4.79 Å². The third kappa shape index (κ3) is 7.40. The van der Waals surface area contributed by atoms with Gasteiger partial charge in [0.25, 0.3) is 0 Å². The Hall–Kier alpha value is -3.69. The lowest BCUT2D eigenvalue weighted by Crippen LogP contribution is -2.55. The van der Waals surface area contributed by atoms with E-state index in [-0.39, 0.29) is 19.3 Å². The van der Waals surface area contributed by atoms with Crippen LogP contribution in [0.5, 0.6) is 0 Å². The number of carboxylic acids is 1. The van der Waals surface area contributed by atoms with Crippen molar-refractivity contribution in [1.82, 2.24) is 15.6 Å². The molecule has 9 nitrogen and oxygen atoms in total. The summed E-state index contributed by atoms with van der Waals surface area (Å²) in [5, 5.41) is 15.8. The van der Waals surface area contributed by atoms with Crippen LogP contribution in [0, 0.1) is 0 Å². The van der Waals surface area contributed by atoms with E-state index in [1.54, 1.807) is 0 Å². The Bertz CT molecular complexity index is 1130. The number of aromatic amines is 1. The van der Waals surface area contributed by atoms with Crippen LogP contribution in [0.4, 0.5) is 0 Å². The fraction of sp³-hybridized carbons (Fsp3) is 0.346. The molecule has 1 aromatic heterocycles. The molecule has 0 saturated carbocycles. The van der Waals surface area contributed by atoms with Gasteiger partial charge < -0.3 is 32.2 Å². The second-order valence-corrected chi connectivity index (χ2v) is 8.60. The van der Waals surface area contributed by atoms with Gasteiger partial charge in [0.05, 0.1) is 6.04 Å². The Morgan fingerprint density at radius 1 is 0.886 bits per heavy atom. The quantitative estimate of drug-likeness (QED) is 0.203. The van der Waals surface area contributed by atoms with Crippen molar-refractivity contribution < 1.29 is 19.5 Å². The Morgan fingerprint density at radius 2 is 1.57 bits per heavy atom. The summed E-state index contributed by atoms with van der Waals surface area (Å²) in [6.07, 6.45) is 3.79. The number of carbonyl (C=O) groups excluding carboxylic acids is 2. The lowest BCUT2D eigenvalue weighted by molar-refractivity contribution is -0.142. The number of aliphatic carboxylic acids is 1. The number of hydrogen-bond donors (Lipinski definition) is 6. The molecule has 1 heterocycles. The normalized spacial score (nSPS) is 13.7. The number of unbranched alkanes of at least 4 members (excludes halogenated alkanes) is 1. The molecule has 35 heavy (non-hydrogen) atoms. The number of para-hydroxylation sites is 1. The van der Waals surface area contributed by atoms with E-state index in [0.717, 1.165) is 22.0 Å². The predicted molar refractivity (Wildman–Crippen MR) is 135 cm³/mol. The fourth-order valence-corrected chi connectivity index (χ4v) is 3.99. The average Bonchev–Trinajstić information content (AvgIpc) is 3.26. The summed E-state index contributed by atoms with van der Waals surface area (Å²) < 4.78 is 0. The number of nitrogens with two attached hydrogens (primary N) is 2. The molecule has 3 atom stereocenters. The van der Waals surface area contributed by atoms with Crippen LogP contribution in [0.1, 0.15) is 30.4 Å². The Kier molecular flexibility index (Phi) is 9.39. The van der Waals surface area contributed by atoms with Gasteiger partial charge in [-0.05, 0) is 49.4 Å². The lowest BCUT2D eigenvalue weighted by atomic mass is 10.0. The molecular weight excluding hydrogens is 446 g/mol. The van der Waals surface area contributed by atoms with Gasteiger partial charge >= 0.3 is 5.97 Å². The van der Waals surface area contributed by atoms with Crippen molar-refractivity contribution in [3.63, 3.8) is 0 Å². The minimum absolute atomic E-state index is 0.202. The maximum Gasteiger partial charge on any atom is 0.326 e. The van der Waals surface area contributed by atoms with E-state index in [0.29, 0.717) is 19.4 Å². The molecule has 0 fully saturated rings. The van der Waals surface area contributed by atoms with E-state index in [2.05, 4.69) is 15.6 Å². The smallest absolute Gasteiger partial charge is 0.326 e. The van der Waals surface area contributed by atoms with Crippen molar-refractivity contribution >= 4 is 28.7 Å². The van der Waals surface area contributed by atoms with Crippen LogP contribution in [-0.2, 0) is 27.2 Å². The molecule has 0 spiro atoms. The van der Waals surface area contributed by atoms with Crippen LogP contribution in [-0.4, -0.2) is 52.5 Å². The minimum Gasteiger partial charge on any atom is -0.480 e. The summed E-state index contributed by atoms with van der Waals surface area (Å²) in [5.74, 6) is -2.18. The Labute approximate surface area is 204 Å². The molecule has 3 aromatic rings. The molecule has 0 bridgehead atoms. The number of aromatic nitrogens is 1. The first-order chi connectivity index (χ1) is 16.9. The summed E-state index contributed by atoms with van der Waals surface area (Å²) in [5.41, 5.74) is 14.4. The monoisotopic (exact) mass is 479 g/mol. The number of carboxylic acid groups (broad SMARTS) is 1. The van der Waals surface area contributed by atoms with Gasteiger partial charge in [0.2, 0.25) is 11.8 Å². The van der Waals surface area contributed by atoms with Crippen LogP contribution >= 0.6 is 0 Å². The minimum atomic E-state index is -1.13. The summed E-state index contributed by atoms with van der Waals surface area (Å²) in [4.78, 5) is 40.9. The molecule has 0 aliphatic carbocycles. The number of H-pyrrole nitrogens is 1. The molecule has 2 aromatic carbocycles. The van der Waals surface area contributed by atoms with Gasteiger partial charge in [0, 0.05) is 23.5 Å². The molecule has 8 N–H and O–H groups in total. The molecule has 3 rings (SSSR count). The summed E-state index contributed by atoms with van der Waals surface area (Å²) in [6, 6.07) is 14.0. The number of carbonyl (C=O) groups is 3. The first-order valence-electron chi connectivity index (χ1n) is 11.8. The molecule has 0 aliphatic rings. The average molecular weight is 480 g/mol. The summed E-state index contributed by atoms with van der Waals surface area (Å²) in [7, 11) is 0. The SMILES string of the molecule is NCCCC[C@H](NC(=O)[C@H](Cc1ccccc1)NC(=O)[C@@H](N)Cc1c[nH]c2ccccc12)C(=O)O. The number of benzene rings is 2. The lowest BCUT2D eigenvalue weighted by Gasteiger charge is -2.23. The topological polar surface area (TPSA) is 163 Å². The van der Waals surface area contributed by atoms with Crippen molar-refractivity contribution in [3.8, 4) is 0 Å². The van der Waals surface area contributed by atoms with Gasteiger partial charge in [0.15, 0.2) is 0 Å². The second-order valence-electron chi connectivity index (χ2n) is 8.60. The van der Waals surface area contributed by atoms with E-state index in [9.17, 15) is 19.5 Å². The van der Waals surface area contributed by atoms with Crippen molar-refractivity contribution in [2.45, 2.75) is 50.2 Å². The zero-order valence-corrected chi connectivity index (χ0v) is 19.6. The molecule has 186 valence electrons. The van der Waals surface area contributed by atoms with Gasteiger partial charge in [-0.2, -0.15) is 0 Å². The number of fused-ring (bicyclic) bond motifs is 1. The van der Waals surface area contributed by atoms with Gasteiger partial charge in [-0.15, -0.1) is 0 Å². The predicted octanol–water partition coefficient (Wildman–Crippen LogP) is 1.46. The van der Waals surface area contributed by atoms with E-state index in [1.807, 2.05) is 60.8 Å². The summed E-state index contributed by atoms with van der Waals surface area (Å²) >= 11 is 0. The van der Waals surface area contributed by atoms with E-state index < -0.39 is 35.9 Å². The number of rotatable bonds is 13. The second kappa shape index (κ2) is 12.7. The maximum absolute atomic E-state index is 13.1. The van der Waals surface area contributed by atoms with E-state index >= 15 is 0 Å². The number of nitrogens with one attached hydrogen (secondary N) is 3. The third-order valence-electron chi connectivity index (χ3n) is 5.93. The maximum atomic E-state index is 13.1. The van der Waals surface area contributed by atoms with Gasteiger partial charge in [-0.3, -0.25) is 9.59 Å². The molecule has 0 aliphatic heterocycles. The molecule has 9 heteroatoms. The van der Waals surface area contributed by atoms with Crippen LogP contribution < -0.4 is 22.1 Å². The molecular formula is C26H33N5O4. The molecule has 2 amide bonds. The zero-order valence-electron chi connectivity index (χ0n) is 19.6. The van der Waals surface area contributed by atoms with Crippen LogP contribution in [0.15, 0.2) is 60.8 Å². The van der Waals surface area contributed by atoms with Crippen LogP contribution in [0.25, 0.3) is 10.9 Å². The van der Waals surface area contributed by atoms with Crippen LogP contribution in [0.2, 0.25) is 0 Å². The first kappa shape index (κ1) is 25.9. The van der Waals surface area contributed by atoms with Crippen molar-refractivity contribution in [2.24, 2.45) is 11.5 Å². The molecule has 0 saturated heterocycles. The Morgan fingerprint density at radius 3 is 2.29 bits per heavy atom.